The van der Waals surface area contributed by atoms with E-state index in [1.54, 1.807) is 6.92 Å². The number of benzene rings is 1. The molecular weight excluding hydrogens is 312 g/mol. The van der Waals surface area contributed by atoms with Crippen LogP contribution < -0.4 is 0 Å². The summed E-state index contributed by atoms with van der Waals surface area (Å²) in [6, 6.07) is 10.1. The van der Waals surface area contributed by atoms with Gasteiger partial charge in [0.15, 0.2) is 5.15 Å². The van der Waals surface area contributed by atoms with Crippen LogP contribution in [0.2, 0.25) is 5.15 Å². The summed E-state index contributed by atoms with van der Waals surface area (Å²) in [5.41, 5.74) is 1.89. The van der Waals surface area contributed by atoms with Crippen LogP contribution in [-0.4, -0.2) is 22.1 Å². The lowest BCUT2D eigenvalue weighted by Crippen LogP contribution is -2.14. The zero-order valence-corrected chi connectivity index (χ0v) is 14.5. The first-order valence-electron chi connectivity index (χ1n) is 8.09. The Balaban J connectivity index is 2.31. The molecule has 0 atom stereocenters. The van der Waals surface area contributed by atoms with Crippen molar-refractivity contribution in [2.75, 3.05) is 6.61 Å². The zero-order chi connectivity index (χ0) is 16.7. The fourth-order valence-electron chi connectivity index (χ4n) is 2.50. The van der Waals surface area contributed by atoms with Gasteiger partial charge in [0.1, 0.15) is 5.82 Å². The van der Waals surface area contributed by atoms with Gasteiger partial charge in [0, 0.05) is 13.0 Å². The number of carbonyl (C=O) groups excluding carboxylic acids is 1. The average molecular weight is 335 g/mol. The van der Waals surface area contributed by atoms with Crippen molar-refractivity contribution >= 4 is 17.6 Å². The second-order valence-electron chi connectivity index (χ2n) is 5.42. The molecule has 0 aliphatic heterocycles. The van der Waals surface area contributed by atoms with Crippen molar-refractivity contribution in [3.63, 3.8) is 0 Å². The van der Waals surface area contributed by atoms with Gasteiger partial charge in [0.2, 0.25) is 0 Å². The SMILES string of the molecule is CCCCc1nc(Cl)c(CC(=O)OCC)n1Cc1ccccc1. The number of nitrogens with zero attached hydrogens (tertiary/aromatic N) is 2. The molecule has 0 fully saturated rings. The zero-order valence-electron chi connectivity index (χ0n) is 13.7. The monoisotopic (exact) mass is 334 g/mol. The molecule has 0 bridgehead atoms. The number of aromatic nitrogens is 2. The molecule has 0 unspecified atom stereocenters. The molecule has 1 heterocycles. The predicted molar refractivity (Wildman–Crippen MR) is 91.7 cm³/mol. The number of carbonyl (C=O) groups is 1. The molecule has 0 spiro atoms. The Bertz CT molecular complexity index is 638. The summed E-state index contributed by atoms with van der Waals surface area (Å²) in [7, 11) is 0. The molecule has 4 nitrogen and oxygen atoms in total. The summed E-state index contributed by atoms with van der Waals surface area (Å²) >= 11 is 6.30. The maximum atomic E-state index is 11.9. The van der Waals surface area contributed by atoms with E-state index in [1.807, 2.05) is 18.2 Å². The van der Waals surface area contributed by atoms with Crippen molar-refractivity contribution in [3.05, 3.63) is 52.6 Å². The first-order valence-corrected chi connectivity index (χ1v) is 8.46. The number of aryl methyl sites for hydroxylation is 1. The minimum atomic E-state index is -0.273. The van der Waals surface area contributed by atoms with Crippen molar-refractivity contribution in [2.45, 2.75) is 46.1 Å². The Morgan fingerprint density at radius 2 is 2.00 bits per heavy atom. The lowest BCUT2D eigenvalue weighted by molar-refractivity contribution is -0.142. The molecule has 0 saturated carbocycles. The molecule has 0 saturated heterocycles. The Morgan fingerprint density at radius 1 is 1.26 bits per heavy atom. The molecule has 0 N–H and O–H groups in total. The first-order chi connectivity index (χ1) is 11.2. The van der Waals surface area contributed by atoms with Crippen LogP contribution >= 0.6 is 11.6 Å². The third kappa shape index (κ3) is 4.83. The van der Waals surface area contributed by atoms with Gasteiger partial charge in [-0.3, -0.25) is 4.79 Å². The smallest absolute Gasteiger partial charge is 0.311 e. The van der Waals surface area contributed by atoms with Gasteiger partial charge in [0.25, 0.3) is 0 Å². The molecule has 0 radical (unpaired) electrons. The van der Waals surface area contributed by atoms with Crippen LogP contribution in [0.15, 0.2) is 30.3 Å². The average Bonchev–Trinajstić information content (AvgIpc) is 2.82. The van der Waals surface area contributed by atoms with E-state index < -0.39 is 0 Å². The molecular formula is C18H23ClN2O2. The molecule has 2 rings (SSSR count). The number of hydrogen-bond acceptors (Lipinski definition) is 3. The highest BCUT2D eigenvalue weighted by Crippen LogP contribution is 2.21. The molecule has 1 aromatic heterocycles. The highest BCUT2D eigenvalue weighted by Gasteiger charge is 2.19. The number of hydrogen-bond donors (Lipinski definition) is 0. The second-order valence-corrected chi connectivity index (χ2v) is 5.78. The minimum Gasteiger partial charge on any atom is -0.466 e. The van der Waals surface area contributed by atoms with Crippen molar-refractivity contribution in [1.29, 1.82) is 0 Å². The number of unbranched alkanes of at least 4 members (excludes halogenated alkanes) is 1. The third-order valence-electron chi connectivity index (χ3n) is 3.66. The van der Waals surface area contributed by atoms with Crippen LogP contribution in [0.4, 0.5) is 0 Å². The maximum Gasteiger partial charge on any atom is 0.311 e. The molecule has 0 aliphatic carbocycles. The molecule has 5 heteroatoms. The summed E-state index contributed by atoms with van der Waals surface area (Å²) < 4.78 is 7.12. The summed E-state index contributed by atoms with van der Waals surface area (Å²) in [5.74, 6) is 0.658. The van der Waals surface area contributed by atoms with Gasteiger partial charge in [-0.1, -0.05) is 55.3 Å². The normalized spacial score (nSPS) is 10.7. The van der Waals surface area contributed by atoms with E-state index in [-0.39, 0.29) is 12.4 Å². The largest absolute Gasteiger partial charge is 0.466 e. The second kappa shape index (κ2) is 8.73. The summed E-state index contributed by atoms with van der Waals surface area (Å²) in [5, 5.41) is 0.403. The number of imidazole rings is 1. The lowest BCUT2D eigenvalue weighted by atomic mass is 10.2. The van der Waals surface area contributed by atoms with E-state index in [2.05, 4.69) is 28.6 Å². The number of esters is 1. The van der Waals surface area contributed by atoms with Crippen molar-refractivity contribution < 1.29 is 9.53 Å². The van der Waals surface area contributed by atoms with Crippen molar-refractivity contribution in [1.82, 2.24) is 9.55 Å². The standard InChI is InChI=1S/C18H23ClN2O2/c1-3-5-11-16-20-18(19)15(12-17(22)23-4-2)21(16)13-14-9-7-6-8-10-14/h6-10H,3-5,11-13H2,1-2H3. The topological polar surface area (TPSA) is 44.1 Å². The van der Waals surface area contributed by atoms with Crippen LogP contribution in [0.1, 0.15) is 43.8 Å². The summed E-state index contributed by atoms with van der Waals surface area (Å²) in [6.07, 6.45) is 3.13. The number of ether oxygens (including phenoxy) is 1. The fraction of sp³-hybridized carbons (Fsp3) is 0.444. The third-order valence-corrected chi connectivity index (χ3v) is 3.96. The molecule has 0 aliphatic rings. The van der Waals surface area contributed by atoms with Crippen LogP contribution in [0, 0.1) is 0 Å². The Labute approximate surface area is 142 Å². The first kappa shape index (κ1) is 17.5. The fourth-order valence-corrected chi connectivity index (χ4v) is 2.77. The van der Waals surface area contributed by atoms with Crippen LogP contribution in [0.5, 0.6) is 0 Å². The van der Waals surface area contributed by atoms with Gasteiger partial charge < -0.3 is 9.30 Å². The Kier molecular flexibility index (Phi) is 6.66. The molecule has 1 aromatic carbocycles. The van der Waals surface area contributed by atoms with Gasteiger partial charge in [-0.05, 0) is 18.9 Å². The molecule has 2 aromatic rings. The van der Waals surface area contributed by atoms with Crippen LogP contribution in [-0.2, 0) is 28.9 Å². The van der Waals surface area contributed by atoms with Gasteiger partial charge >= 0.3 is 5.97 Å². The quantitative estimate of drug-likeness (QED) is 0.684. The Morgan fingerprint density at radius 3 is 2.65 bits per heavy atom. The van der Waals surface area contributed by atoms with Crippen molar-refractivity contribution in [2.24, 2.45) is 0 Å². The van der Waals surface area contributed by atoms with E-state index >= 15 is 0 Å². The molecule has 0 amide bonds. The van der Waals surface area contributed by atoms with E-state index in [0.717, 1.165) is 36.3 Å². The highest BCUT2D eigenvalue weighted by atomic mass is 35.5. The Hall–Kier alpha value is -1.81. The van der Waals surface area contributed by atoms with E-state index in [1.165, 1.54) is 0 Å². The van der Waals surface area contributed by atoms with Crippen LogP contribution in [0.25, 0.3) is 0 Å². The van der Waals surface area contributed by atoms with Gasteiger partial charge in [-0.2, -0.15) is 0 Å². The molecule has 23 heavy (non-hydrogen) atoms. The minimum absolute atomic E-state index is 0.151. The lowest BCUT2D eigenvalue weighted by Gasteiger charge is -2.12. The maximum absolute atomic E-state index is 11.9. The molecule has 124 valence electrons. The summed E-state index contributed by atoms with van der Waals surface area (Å²) in [6.45, 7) is 4.97. The van der Waals surface area contributed by atoms with Gasteiger partial charge in [-0.15, -0.1) is 0 Å². The number of halogens is 1. The highest BCUT2D eigenvalue weighted by molar-refractivity contribution is 6.30. The van der Waals surface area contributed by atoms with E-state index in [4.69, 9.17) is 16.3 Å². The van der Waals surface area contributed by atoms with E-state index in [9.17, 15) is 4.79 Å². The van der Waals surface area contributed by atoms with E-state index in [0.29, 0.717) is 18.3 Å². The number of rotatable bonds is 8. The van der Waals surface area contributed by atoms with Gasteiger partial charge in [-0.25, -0.2) is 4.98 Å². The summed E-state index contributed by atoms with van der Waals surface area (Å²) in [4.78, 5) is 16.3. The predicted octanol–water partition coefficient (Wildman–Crippen LogP) is 4.03. The van der Waals surface area contributed by atoms with Gasteiger partial charge in [0.05, 0.1) is 18.7 Å². The van der Waals surface area contributed by atoms with Crippen LogP contribution in [0.3, 0.4) is 0 Å². The van der Waals surface area contributed by atoms with Crippen molar-refractivity contribution in [3.8, 4) is 0 Å².